The summed E-state index contributed by atoms with van der Waals surface area (Å²) < 4.78 is 13.4. The molecule has 0 amide bonds. The SMILES string of the molecule is O=C(Cl)CCCc1ccc(F)cc1Br. The Hall–Kier alpha value is -0.410. The number of carbonyl (C=O) groups is 1. The molecule has 0 aromatic heterocycles. The molecule has 0 radical (unpaired) electrons. The minimum absolute atomic E-state index is 0.269. The molecule has 0 fully saturated rings. The van der Waals surface area contributed by atoms with Crippen molar-refractivity contribution in [1.29, 1.82) is 0 Å². The fourth-order valence-electron chi connectivity index (χ4n) is 1.14. The molecule has 1 aromatic rings. The van der Waals surface area contributed by atoms with E-state index in [1.807, 2.05) is 0 Å². The molecule has 14 heavy (non-hydrogen) atoms. The van der Waals surface area contributed by atoms with Crippen molar-refractivity contribution in [3.05, 3.63) is 34.1 Å². The summed E-state index contributed by atoms with van der Waals surface area (Å²) in [5.41, 5.74) is 0.990. The van der Waals surface area contributed by atoms with Gasteiger partial charge in [-0.15, -0.1) is 0 Å². The van der Waals surface area contributed by atoms with Crippen LogP contribution in [0.1, 0.15) is 18.4 Å². The van der Waals surface area contributed by atoms with Crippen molar-refractivity contribution in [3.63, 3.8) is 0 Å². The normalized spacial score (nSPS) is 10.2. The molecule has 0 spiro atoms. The summed E-state index contributed by atoms with van der Waals surface area (Å²) in [6.45, 7) is 0. The van der Waals surface area contributed by atoms with Crippen LogP contribution in [0.3, 0.4) is 0 Å². The summed E-state index contributed by atoms with van der Waals surface area (Å²) in [5, 5.41) is -0.330. The lowest BCUT2D eigenvalue weighted by atomic mass is 10.1. The van der Waals surface area contributed by atoms with Gasteiger partial charge in [0, 0.05) is 10.9 Å². The predicted molar refractivity (Wildman–Crippen MR) is 57.9 cm³/mol. The van der Waals surface area contributed by atoms with Gasteiger partial charge in [0.1, 0.15) is 5.82 Å². The smallest absolute Gasteiger partial charge is 0.221 e. The Morgan fingerprint density at radius 2 is 2.21 bits per heavy atom. The van der Waals surface area contributed by atoms with Crippen LogP contribution in [-0.4, -0.2) is 5.24 Å². The van der Waals surface area contributed by atoms with Crippen LogP contribution in [0.15, 0.2) is 22.7 Å². The lowest BCUT2D eigenvalue weighted by Gasteiger charge is -2.02. The maximum Gasteiger partial charge on any atom is 0.221 e. The van der Waals surface area contributed by atoms with Crippen molar-refractivity contribution in [2.24, 2.45) is 0 Å². The molecule has 0 aliphatic rings. The van der Waals surface area contributed by atoms with Crippen molar-refractivity contribution in [2.45, 2.75) is 19.3 Å². The van der Waals surface area contributed by atoms with Gasteiger partial charge in [0.05, 0.1) is 0 Å². The second-order valence-corrected chi connectivity index (χ2v) is 4.22. The first-order valence-corrected chi connectivity index (χ1v) is 5.39. The molecule has 0 saturated carbocycles. The van der Waals surface area contributed by atoms with Crippen molar-refractivity contribution >= 4 is 32.8 Å². The zero-order chi connectivity index (χ0) is 10.6. The number of benzene rings is 1. The molecule has 0 atom stereocenters. The van der Waals surface area contributed by atoms with Gasteiger partial charge in [0.25, 0.3) is 0 Å². The van der Waals surface area contributed by atoms with E-state index in [-0.39, 0.29) is 11.1 Å². The van der Waals surface area contributed by atoms with E-state index in [9.17, 15) is 9.18 Å². The van der Waals surface area contributed by atoms with E-state index in [2.05, 4.69) is 15.9 Å². The fraction of sp³-hybridized carbons (Fsp3) is 0.300. The third kappa shape index (κ3) is 3.76. The Morgan fingerprint density at radius 1 is 1.50 bits per heavy atom. The molecule has 0 aliphatic carbocycles. The fourth-order valence-corrected chi connectivity index (χ4v) is 1.82. The van der Waals surface area contributed by atoms with E-state index in [0.717, 1.165) is 16.5 Å². The van der Waals surface area contributed by atoms with Gasteiger partial charge in [-0.05, 0) is 42.1 Å². The van der Waals surface area contributed by atoms with Gasteiger partial charge in [0.15, 0.2) is 0 Å². The standard InChI is InChI=1S/C10H9BrClFO/c11-9-6-8(13)5-4-7(9)2-1-3-10(12)14/h4-6H,1-3H2. The Morgan fingerprint density at radius 3 is 2.79 bits per heavy atom. The van der Waals surface area contributed by atoms with E-state index in [4.69, 9.17) is 11.6 Å². The molecule has 1 aromatic carbocycles. The average molecular weight is 280 g/mol. The topological polar surface area (TPSA) is 17.1 Å². The highest BCUT2D eigenvalue weighted by molar-refractivity contribution is 9.10. The Labute approximate surface area is 95.4 Å². The third-order valence-corrected chi connectivity index (χ3v) is 2.76. The third-order valence-electron chi connectivity index (χ3n) is 1.83. The van der Waals surface area contributed by atoms with Gasteiger partial charge in [0.2, 0.25) is 5.24 Å². The molecule has 1 nitrogen and oxygen atoms in total. The van der Waals surface area contributed by atoms with Crippen LogP contribution in [-0.2, 0) is 11.2 Å². The summed E-state index contributed by atoms with van der Waals surface area (Å²) in [6.07, 6.45) is 1.76. The zero-order valence-electron chi connectivity index (χ0n) is 7.40. The lowest BCUT2D eigenvalue weighted by Crippen LogP contribution is -1.92. The van der Waals surface area contributed by atoms with Gasteiger partial charge in [-0.1, -0.05) is 22.0 Å². The minimum Gasteiger partial charge on any atom is -0.281 e. The Kier molecular flexibility index (Phi) is 4.55. The molecular weight excluding hydrogens is 270 g/mol. The molecule has 1 rings (SSSR count). The van der Waals surface area contributed by atoms with Crippen molar-refractivity contribution in [3.8, 4) is 0 Å². The quantitative estimate of drug-likeness (QED) is 0.769. The number of hydrogen-bond acceptors (Lipinski definition) is 1. The highest BCUT2D eigenvalue weighted by atomic mass is 79.9. The summed E-state index contributed by atoms with van der Waals surface area (Å²) in [5.74, 6) is -0.269. The minimum atomic E-state index is -0.330. The van der Waals surface area contributed by atoms with E-state index in [1.54, 1.807) is 6.07 Å². The van der Waals surface area contributed by atoms with Gasteiger partial charge >= 0.3 is 0 Å². The van der Waals surface area contributed by atoms with E-state index >= 15 is 0 Å². The van der Waals surface area contributed by atoms with Crippen molar-refractivity contribution < 1.29 is 9.18 Å². The summed E-state index contributed by atoms with van der Waals surface area (Å²) in [7, 11) is 0. The molecule has 0 bridgehead atoms. The van der Waals surface area contributed by atoms with E-state index < -0.39 is 0 Å². The molecular formula is C10H9BrClFO. The number of aryl methyl sites for hydroxylation is 1. The van der Waals surface area contributed by atoms with E-state index in [0.29, 0.717) is 12.8 Å². The maximum absolute atomic E-state index is 12.7. The van der Waals surface area contributed by atoms with Gasteiger partial charge < -0.3 is 0 Å². The van der Waals surface area contributed by atoms with Crippen LogP contribution in [0.25, 0.3) is 0 Å². The summed E-state index contributed by atoms with van der Waals surface area (Å²) in [4.78, 5) is 10.5. The molecule has 76 valence electrons. The first-order valence-electron chi connectivity index (χ1n) is 4.22. The van der Waals surface area contributed by atoms with Crippen LogP contribution < -0.4 is 0 Å². The first-order chi connectivity index (χ1) is 6.59. The largest absolute Gasteiger partial charge is 0.281 e. The monoisotopic (exact) mass is 278 g/mol. The Bertz CT molecular complexity index is 341. The van der Waals surface area contributed by atoms with E-state index in [1.165, 1.54) is 12.1 Å². The van der Waals surface area contributed by atoms with Crippen molar-refractivity contribution in [1.82, 2.24) is 0 Å². The van der Waals surface area contributed by atoms with Gasteiger partial charge in [-0.25, -0.2) is 4.39 Å². The highest BCUT2D eigenvalue weighted by Crippen LogP contribution is 2.19. The zero-order valence-corrected chi connectivity index (χ0v) is 9.74. The average Bonchev–Trinajstić information content (AvgIpc) is 2.08. The van der Waals surface area contributed by atoms with Crippen LogP contribution in [0.2, 0.25) is 0 Å². The molecule has 0 N–H and O–H groups in total. The lowest BCUT2D eigenvalue weighted by molar-refractivity contribution is -0.111. The van der Waals surface area contributed by atoms with Crippen molar-refractivity contribution in [2.75, 3.05) is 0 Å². The molecule has 0 aliphatic heterocycles. The Balaban J connectivity index is 2.55. The number of hydrogen-bond donors (Lipinski definition) is 0. The number of rotatable bonds is 4. The van der Waals surface area contributed by atoms with Crippen LogP contribution in [0.5, 0.6) is 0 Å². The first kappa shape index (κ1) is 11.7. The van der Waals surface area contributed by atoms with Gasteiger partial charge in [-0.3, -0.25) is 4.79 Å². The van der Waals surface area contributed by atoms with Gasteiger partial charge in [-0.2, -0.15) is 0 Å². The summed E-state index contributed by atoms with van der Waals surface area (Å²) >= 11 is 8.45. The molecule has 0 saturated heterocycles. The molecule has 0 unspecified atom stereocenters. The molecule has 4 heteroatoms. The second kappa shape index (κ2) is 5.47. The highest BCUT2D eigenvalue weighted by Gasteiger charge is 2.02. The molecule has 0 heterocycles. The maximum atomic E-state index is 12.7. The summed E-state index contributed by atoms with van der Waals surface area (Å²) in [6, 6.07) is 4.53. The number of halogens is 3. The number of carbonyl (C=O) groups excluding carboxylic acids is 1. The van der Waals surface area contributed by atoms with Crippen LogP contribution in [0, 0.1) is 5.82 Å². The second-order valence-electron chi connectivity index (χ2n) is 2.94. The van der Waals surface area contributed by atoms with Crippen LogP contribution >= 0.6 is 27.5 Å². The van der Waals surface area contributed by atoms with Crippen LogP contribution in [0.4, 0.5) is 4.39 Å². The predicted octanol–water partition coefficient (Wildman–Crippen LogP) is 3.68.